The van der Waals surface area contributed by atoms with Crippen LogP contribution < -0.4 is 19.1 Å². The summed E-state index contributed by atoms with van der Waals surface area (Å²) in [5.41, 5.74) is -5.00. The van der Waals surface area contributed by atoms with Crippen LogP contribution in [0.15, 0.2) is 96.0 Å². The minimum absolute atomic E-state index is 0.0869. The maximum atomic E-state index is 15.9. The number of fused-ring (bicyclic) bond motifs is 1. The van der Waals surface area contributed by atoms with Crippen LogP contribution in [0.2, 0.25) is 0 Å². The van der Waals surface area contributed by atoms with E-state index in [4.69, 9.17) is 18.9 Å². The number of hydrogen-bond acceptors (Lipinski definition) is 13. The number of hydrogen-bond donors (Lipinski definition) is 2. The van der Waals surface area contributed by atoms with E-state index < -0.39 is 101 Å². The van der Waals surface area contributed by atoms with E-state index in [2.05, 4.69) is 5.10 Å². The lowest BCUT2D eigenvalue weighted by Gasteiger charge is -2.29. The molecule has 0 aliphatic carbocycles. The SMILES string of the molecule is Cc1ccc(S(=O)(=O)n2c(C(=O)c3cnn(-c4ccc(Oc5ccccc5F)cc4C)c3N(C(=O)OC(C)(C)C)C(=O)OC(C)(C)C)cc3cc(F)c(NS(=O)(=O)NC(=O)OC(C)(C)C)cc32)cc1. The number of aryl methyl sites for hydroxylation is 2. The summed E-state index contributed by atoms with van der Waals surface area (Å²) in [6.45, 7) is 16.9. The van der Waals surface area contributed by atoms with Gasteiger partial charge in [-0.15, -0.1) is 0 Å². The predicted molar refractivity (Wildman–Crippen MR) is 251 cm³/mol. The lowest BCUT2D eigenvalue weighted by molar-refractivity contribution is 0.0425. The first kappa shape index (κ1) is 51.1. The fourth-order valence-electron chi connectivity index (χ4n) is 6.57. The number of benzene rings is 4. The average molecular weight is 993 g/mol. The second-order valence-corrected chi connectivity index (χ2v) is 21.8. The van der Waals surface area contributed by atoms with E-state index in [1.54, 1.807) is 24.6 Å². The minimum atomic E-state index is -4.93. The second kappa shape index (κ2) is 18.6. The smallest absolute Gasteiger partial charge is 0.425 e. The molecule has 0 bridgehead atoms. The van der Waals surface area contributed by atoms with Crippen molar-refractivity contribution < 1.29 is 63.7 Å². The Morgan fingerprint density at radius 3 is 1.87 bits per heavy atom. The molecule has 2 heterocycles. The number of anilines is 2. The Balaban J connectivity index is 1.61. The number of carbonyl (C=O) groups is 4. The molecule has 0 spiro atoms. The molecule has 6 rings (SSSR count). The van der Waals surface area contributed by atoms with Crippen molar-refractivity contribution >= 4 is 66.7 Å². The maximum Gasteiger partial charge on any atom is 0.425 e. The molecule has 0 fully saturated rings. The molecule has 366 valence electrons. The number of nitrogens with one attached hydrogen (secondary N) is 2. The molecule has 3 amide bonds. The van der Waals surface area contributed by atoms with E-state index >= 15 is 9.18 Å². The number of halogens is 2. The van der Waals surface area contributed by atoms with Gasteiger partial charge >= 0.3 is 28.5 Å². The Morgan fingerprint density at radius 1 is 0.710 bits per heavy atom. The van der Waals surface area contributed by atoms with Gasteiger partial charge in [0.1, 0.15) is 34.1 Å². The van der Waals surface area contributed by atoms with Crippen LogP contribution in [-0.4, -0.2) is 71.5 Å². The van der Waals surface area contributed by atoms with Gasteiger partial charge in [-0.3, -0.25) is 9.52 Å². The molecule has 2 aromatic heterocycles. The van der Waals surface area contributed by atoms with Crippen molar-refractivity contribution in [2.75, 3.05) is 9.62 Å². The molecule has 4 aromatic carbocycles. The fraction of sp³-hybridized carbons (Fsp3) is 0.298. The van der Waals surface area contributed by atoms with Crippen molar-refractivity contribution in [2.45, 2.75) is 97.9 Å². The summed E-state index contributed by atoms with van der Waals surface area (Å²) in [7, 11) is -9.82. The Hall–Kier alpha value is -7.33. The first-order chi connectivity index (χ1) is 31.8. The van der Waals surface area contributed by atoms with Crippen LogP contribution in [0.1, 0.15) is 89.5 Å². The molecule has 18 nitrogen and oxygen atoms in total. The van der Waals surface area contributed by atoms with Crippen molar-refractivity contribution in [1.29, 1.82) is 0 Å². The fourth-order valence-corrected chi connectivity index (χ4v) is 8.83. The maximum absolute atomic E-state index is 15.9. The first-order valence-electron chi connectivity index (χ1n) is 21.0. The molecule has 0 atom stereocenters. The average Bonchev–Trinajstić information content (AvgIpc) is 3.78. The highest BCUT2D eigenvalue weighted by Gasteiger charge is 2.40. The zero-order chi connectivity index (χ0) is 51.2. The highest BCUT2D eigenvalue weighted by Crippen LogP contribution is 2.37. The van der Waals surface area contributed by atoms with Gasteiger partial charge in [0.05, 0.1) is 33.5 Å². The molecule has 0 saturated heterocycles. The van der Waals surface area contributed by atoms with Crippen LogP contribution in [0.5, 0.6) is 11.5 Å². The normalized spacial score (nSPS) is 12.3. The number of aromatic nitrogens is 3. The topological polar surface area (TPSA) is 224 Å². The standard InChI is InChI=1S/C47H50F2N6O12S2/c1-27-16-19-31(20-17-27)68(60,61)55-37-25-35(51-69(62,63)52-42(57)65-45(3,4)5)34(49)23-29(37)24-38(55)40(56)32-26-50-54(36-21-18-30(22-28(36)2)64-39-15-13-12-14-33(39)48)41(32)53(43(58)66-46(6,7)8)44(59)67-47(9,10)11/h12-26,51H,1-11H3,(H,52,57). The second-order valence-electron chi connectivity index (χ2n) is 18.6. The number of imide groups is 1. The molecule has 0 aliphatic rings. The number of para-hydroxylation sites is 1. The summed E-state index contributed by atoms with van der Waals surface area (Å²) in [5.74, 6) is -3.61. The van der Waals surface area contributed by atoms with E-state index in [9.17, 15) is 35.6 Å². The summed E-state index contributed by atoms with van der Waals surface area (Å²) in [6.07, 6.45) is -3.11. The van der Waals surface area contributed by atoms with Crippen LogP contribution in [-0.2, 0) is 34.4 Å². The Kier molecular flexibility index (Phi) is 13.8. The van der Waals surface area contributed by atoms with Crippen molar-refractivity contribution in [3.63, 3.8) is 0 Å². The molecular formula is C47H50F2N6O12S2. The van der Waals surface area contributed by atoms with Gasteiger partial charge in [0, 0.05) is 5.39 Å². The quantitative estimate of drug-likeness (QED) is 0.0912. The van der Waals surface area contributed by atoms with Crippen molar-refractivity contribution in [2.24, 2.45) is 0 Å². The number of rotatable bonds is 11. The van der Waals surface area contributed by atoms with Gasteiger partial charge in [0.2, 0.25) is 5.78 Å². The van der Waals surface area contributed by atoms with Crippen LogP contribution in [0.25, 0.3) is 16.6 Å². The van der Waals surface area contributed by atoms with E-state index in [0.717, 1.165) is 29.1 Å². The van der Waals surface area contributed by atoms with Crippen molar-refractivity contribution in [1.82, 2.24) is 18.5 Å². The van der Waals surface area contributed by atoms with Gasteiger partial charge in [-0.25, -0.2) is 45.0 Å². The molecule has 69 heavy (non-hydrogen) atoms. The minimum Gasteiger partial charge on any atom is -0.454 e. The van der Waals surface area contributed by atoms with Gasteiger partial charge in [-0.1, -0.05) is 29.8 Å². The Labute approximate surface area is 397 Å². The van der Waals surface area contributed by atoms with Crippen molar-refractivity contribution in [3.8, 4) is 17.2 Å². The summed E-state index contributed by atoms with van der Waals surface area (Å²) in [6, 6.07) is 18.1. The lowest BCUT2D eigenvalue weighted by atomic mass is 10.1. The number of nitrogens with zero attached hydrogens (tertiary/aromatic N) is 4. The van der Waals surface area contributed by atoms with Gasteiger partial charge in [0.15, 0.2) is 17.4 Å². The predicted octanol–water partition coefficient (Wildman–Crippen LogP) is 9.84. The third kappa shape index (κ3) is 11.9. The number of carbonyl (C=O) groups excluding carboxylic acids is 4. The number of ether oxygens (including phenoxy) is 4. The summed E-state index contributed by atoms with van der Waals surface area (Å²) in [4.78, 5) is 56.5. The third-order valence-electron chi connectivity index (χ3n) is 9.31. The number of amides is 3. The van der Waals surface area contributed by atoms with Crippen LogP contribution in [0, 0.1) is 25.5 Å². The van der Waals surface area contributed by atoms with Crippen LogP contribution in [0.4, 0.5) is 34.7 Å². The molecule has 22 heteroatoms. The van der Waals surface area contributed by atoms with Gasteiger partial charge < -0.3 is 18.9 Å². The van der Waals surface area contributed by atoms with E-state index in [-0.39, 0.29) is 27.5 Å². The van der Waals surface area contributed by atoms with Gasteiger partial charge in [0.25, 0.3) is 10.0 Å². The largest absolute Gasteiger partial charge is 0.454 e. The zero-order valence-corrected chi connectivity index (χ0v) is 41.1. The summed E-state index contributed by atoms with van der Waals surface area (Å²) >= 11 is 0. The van der Waals surface area contributed by atoms with E-state index in [0.29, 0.717) is 20.0 Å². The highest BCUT2D eigenvalue weighted by atomic mass is 32.2. The third-order valence-corrected chi connectivity index (χ3v) is 12.0. The molecule has 2 N–H and O–H groups in total. The molecule has 0 radical (unpaired) electrons. The zero-order valence-electron chi connectivity index (χ0n) is 39.4. The van der Waals surface area contributed by atoms with Gasteiger partial charge in [-0.05, 0) is 142 Å². The Morgan fingerprint density at radius 2 is 1.30 bits per heavy atom. The lowest BCUT2D eigenvalue weighted by Crippen LogP contribution is -2.45. The van der Waals surface area contributed by atoms with Crippen LogP contribution >= 0.6 is 0 Å². The highest BCUT2D eigenvalue weighted by molar-refractivity contribution is 7.91. The van der Waals surface area contributed by atoms with E-state index in [1.165, 1.54) is 123 Å². The molecule has 0 saturated carbocycles. The molecule has 0 unspecified atom stereocenters. The van der Waals surface area contributed by atoms with Crippen LogP contribution in [0.3, 0.4) is 0 Å². The first-order valence-corrected chi connectivity index (χ1v) is 23.9. The number of ketones is 1. The Bertz CT molecular complexity index is 3210. The summed E-state index contributed by atoms with van der Waals surface area (Å²) < 4.78 is 113. The molecular weight excluding hydrogens is 943 g/mol. The summed E-state index contributed by atoms with van der Waals surface area (Å²) in [5, 5.41) is 4.19. The molecule has 0 aliphatic heterocycles. The van der Waals surface area contributed by atoms with Crippen molar-refractivity contribution in [3.05, 3.63) is 125 Å². The monoisotopic (exact) mass is 992 g/mol. The molecule has 6 aromatic rings. The van der Waals surface area contributed by atoms with E-state index in [1.807, 2.05) is 4.72 Å². The van der Waals surface area contributed by atoms with Gasteiger partial charge in [-0.2, -0.15) is 18.4 Å².